The SMILES string of the molecule is CCn1c(=O)c2c(nc(C=Cc3ccc(OCC(=O)OC)cc3)n2C)n(CC)c1=O. The molecule has 3 aromatic rings. The molecular weight excluding hydrogens is 388 g/mol. The van der Waals surface area contributed by atoms with Crippen molar-refractivity contribution < 1.29 is 14.3 Å². The summed E-state index contributed by atoms with van der Waals surface area (Å²) in [6.45, 7) is 4.18. The van der Waals surface area contributed by atoms with Crippen LogP contribution in [0.2, 0.25) is 0 Å². The summed E-state index contributed by atoms with van der Waals surface area (Å²) in [6.07, 6.45) is 3.63. The molecule has 0 atom stereocenters. The first-order chi connectivity index (χ1) is 14.4. The second-order valence-corrected chi connectivity index (χ2v) is 6.54. The van der Waals surface area contributed by atoms with Crippen molar-refractivity contribution in [2.45, 2.75) is 26.9 Å². The van der Waals surface area contributed by atoms with Gasteiger partial charge in [-0.15, -0.1) is 0 Å². The predicted molar refractivity (Wildman–Crippen MR) is 113 cm³/mol. The number of methoxy groups -OCH3 is 1. The molecule has 0 fully saturated rings. The van der Waals surface area contributed by atoms with Gasteiger partial charge in [0.05, 0.1) is 7.11 Å². The molecule has 1 aromatic carbocycles. The Morgan fingerprint density at radius 1 is 1.07 bits per heavy atom. The summed E-state index contributed by atoms with van der Waals surface area (Å²) < 4.78 is 14.3. The number of carbonyl (C=O) groups excluding carboxylic acids is 1. The van der Waals surface area contributed by atoms with Crippen LogP contribution in [0.25, 0.3) is 23.3 Å². The highest BCUT2D eigenvalue weighted by Gasteiger charge is 2.17. The number of nitrogens with zero attached hydrogens (tertiary/aromatic N) is 4. The number of benzene rings is 1. The molecule has 0 aliphatic heterocycles. The standard InChI is InChI=1S/C21H24N4O5/c1-5-24-19-18(20(27)25(6-2)21(24)28)23(3)16(22-19)12-9-14-7-10-15(11-8-14)30-13-17(26)29-4/h7-12H,5-6,13H2,1-4H3. The van der Waals surface area contributed by atoms with Crippen LogP contribution in [0.1, 0.15) is 25.2 Å². The highest BCUT2D eigenvalue weighted by Crippen LogP contribution is 2.16. The van der Waals surface area contributed by atoms with Crippen LogP contribution in [0, 0.1) is 0 Å². The number of imidazole rings is 1. The lowest BCUT2D eigenvalue weighted by molar-refractivity contribution is -0.142. The number of hydrogen-bond acceptors (Lipinski definition) is 6. The third kappa shape index (κ3) is 3.91. The van der Waals surface area contributed by atoms with Crippen LogP contribution >= 0.6 is 0 Å². The van der Waals surface area contributed by atoms with E-state index in [0.717, 1.165) is 5.56 Å². The molecule has 2 heterocycles. The zero-order valence-electron chi connectivity index (χ0n) is 17.4. The molecule has 9 nitrogen and oxygen atoms in total. The number of ether oxygens (including phenoxy) is 2. The Morgan fingerprint density at radius 2 is 1.73 bits per heavy atom. The first-order valence-corrected chi connectivity index (χ1v) is 9.59. The van der Waals surface area contributed by atoms with Crippen molar-refractivity contribution in [2.24, 2.45) is 7.05 Å². The minimum Gasteiger partial charge on any atom is -0.482 e. The van der Waals surface area contributed by atoms with Crippen molar-refractivity contribution in [1.82, 2.24) is 18.7 Å². The third-order valence-corrected chi connectivity index (χ3v) is 4.80. The van der Waals surface area contributed by atoms with Gasteiger partial charge in [0.2, 0.25) is 0 Å². The van der Waals surface area contributed by atoms with E-state index in [-0.39, 0.29) is 17.9 Å². The number of aromatic nitrogens is 4. The van der Waals surface area contributed by atoms with Crippen molar-refractivity contribution in [3.8, 4) is 5.75 Å². The molecule has 30 heavy (non-hydrogen) atoms. The number of hydrogen-bond donors (Lipinski definition) is 0. The molecule has 0 N–H and O–H groups in total. The molecule has 0 bridgehead atoms. The van der Waals surface area contributed by atoms with E-state index in [0.29, 0.717) is 35.8 Å². The Kier molecular flexibility index (Phi) is 6.20. The van der Waals surface area contributed by atoms with E-state index in [2.05, 4.69) is 9.72 Å². The Hall–Kier alpha value is -3.62. The van der Waals surface area contributed by atoms with Gasteiger partial charge in [-0.2, -0.15) is 0 Å². The molecule has 2 aromatic heterocycles. The van der Waals surface area contributed by atoms with Crippen LogP contribution in [-0.4, -0.2) is 38.4 Å². The smallest absolute Gasteiger partial charge is 0.343 e. The maximum atomic E-state index is 12.7. The average Bonchev–Trinajstić information content (AvgIpc) is 3.08. The van der Waals surface area contributed by atoms with Crippen LogP contribution in [0.3, 0.4) is 0 Å². The number of fused-ring (bicyclic) bond motifs is 1. The maximum Gasteiger partial charge on any atom is 0.343 e. The molecule has 0 unspecified atom stereocenters. The predicted octanol–water partition coefficient (Wildman–Crippen LogP) is 1.66. The van der Waals surface area contributed by atoms with E-state index in [9.17, 15) is 14.4 Å². The fourth-order valence-electron chi connectivity index (χ4n) is 3.14. The largest absolute Gasteiger partial charge is 0.482 e. The minimum atomic E-state index is -0.450. The highest BCUT2D eigenvalue weighted by atomic mass is 16.6. The van der Waals surface area contributed by atoms with Gasteiger partial charge in [-0.3, -0.25) is 13.9 Å². The minimum absolute atomic E-state index is 0.153. The Balaban J connectivity index is 1.93. The first kappa shape index (κ1) is 21.1. The van der Waals surface area contributed by atoms with Crippen LogP contribution in [0.5, 0.6) is 5.75 Å². The molecular formula is C21H24N4O5. The maximum absolute atomic E-state index is 12.7. The van der Waals surface area contributed by atoms with E-state index in [1.54, 1.807) is 36.7 Å². The van der Waals surface area contributed by atoms with E-state index < -0.39 is 5.97 Å². The molecule has 0 aliphatic carbocycles. The van der Waals surface area contributed by atoms with Crippen LogP contribution < -0.4 is 16.0 Å². The van der Waals surface area contributed by atoms with Gasteiger partial charge in [-0.1, -0.05) is 18.2 Å². The number of rotatable bonds is 7. The van der Waals surface area contributed by atoms with Crippen molar-refractivity contribution >= 4 is 29.3 Å². The zero-order chi connectivity index (χ0) is 21.8. The normalized spacial score (nSPS) is 11.3. The molecule has 3 rings (SSSR count). The summed E-state index contributed by atoms with van der Waals surface area (Å²) in [5, 5.41) is 0. The molecule has 0 saturated heterocycles. The van der Waals surface area contributed by atoms with E-state index in [1.807, 2.05) is 25.1 Å². The third-order valence-electron chi connectivity index (χ3n) is 4.80. The van der Waals surface area contributed by atoms with Gasteiger partial charge >= 0.3 is 11.7 Å². The van der Waals surface area contributed by atoms with Gasteiger partial charge in [0, 0.05) is 20.1 Å². The molecule has 9 heteroatoms. The summed E-state index contributed by atoms with van der Waals surface area (Å²) in [5.74, 6) is 0.657. The number of carbonyl (C=O) groups is 1. The fourth-order valence-corrected chi connectivity index (χ4v) is 3.14. The van der Waals surface area contributed by atoms with Crippen molar-refractivity contribution in [3.63, 3.8) is 0 Å². The van der Waals surface area contributed by atoms with Gasteiger partial charge < -0.3 is 14.0 Å². The lowest BCUT2D eigenvalue weighted by Crippen LogP contribution is -2.39. The van der Waals surface area contributed by atoms with E-state index in [4.69, 9.17) is 4.74 Å². The Labute approximate surface area is 172 Å². The Morgan fingerprint density at radius 3 is 2.33 bits per heavy atom. The summed E-state index contributed by atoms with van der Waals surface area (Å²) >= 11 is 0. The van der Waals surface area contributed by atoms with Gasteiger partial charge in [0.25, 0.3) is 5.56 Å². The highest BCUT2D eigenvalue weighted by molar-refractivity contribution is 5.76. The molecule has 0 amide bonds. The quantitative estimate of drug-likeness (QED) is 0.548. The molecule has 0 radical (unpaired) electrons. The Bertz CT molecular complexity index is 1220. The number of esters is 1. The van der Waals surface area contributed by atoms with Crippen LogP contribution in [0.4, 0.5) is 0 Å². The van der Waals surface area contributed by atoms with Gasteiger partial charge in [0.1, 0.15) is 11.6 Å². The monoisotopic (exact) mass is 412 g/mol. The van der Waals surface area contributed by atoms with Crippen molar-refractivity contribution in [3.05, 3.63) is 56.5 Å². The summed E-state index contributed by atoms with van der Waals surface area (Å²) in [6, 6.07) is 7.15. The fraction of sp³-hybridized carbons (Fsp3) is 0.333. The van der Waals surface area contributed by atoms with Gasteiger partial charge in [0.15, 0.2) is 17.8 Å². The summed E-state index contributed by atoms with van der Waals surface area (Å²) in [7, 11) is 3.06. The van der Waals surface area contributed by atoms with Crippen molar-refractivity contribution in [1.29, 1.82) is 0 Å². The first-order valence-electron chi connectivity index (χ1n) is 9.59. The van der Waals surface area contributed by atoms with E-state index in [1.165, 1.54) is 16.2 Å². The van der Waals surface area contributed by atoms with Crippen LogP contribution in [-0.2, 0) is 29.7 Å². The topological polar surface area (TPSA) is 97.3 Å². The summed E-state index contributed by atoms with van der Waals surface area (Å²) in [5.41, 5.74) is 0.958. The number of aryl methyl sites for hydroxylation is 2. The lowest BCUT2D eigenvalue weighted by Gasteiger charge is -2.08. The second-order valence-electron chi connectivity index (χ2n) is 6.54. The molecule has 0 aliphatic rings. The molecule has 0 spiro atoms. The lowest BCUT2D eigenvalue weighted by atomic mass is 10.2. The average molecular weight is 412 g/mol. The second kappa shape index (κ2) is 8.81. The summed E-state index contributed by atoms with van der Waals surface area (Å²) in [4.78, 5) is 40.9. The van der Waals surface area contributed by atoms with Gasteiger partial charge in [-0.05, 0) is 37.6 Å². The molecule has 0 saturated carbocycles. The zero-order valence-corrected chi connectivity index (χ0v) is 17.4. The van der Waals surface area contributed by atoms with Crippen LogP contribution in [0.15, 0.2) is 33.9 Å². The van der Waals surface area contributed by atoms with Gasteiger partial charge in [-0.25, -0.2) is 14.6 Å². The van der Waals surface area contributed by atoms with Crippen molar-refractivity contribution in [2.75, 3.05) is 13.7 Å². The van der Waals surface area contributed by atoms with E-state index >= 15 is 0 Å². The molecule has 158 valence electrons.